The van der Waals surface area contributed by atoms with Crippen LogP contribution in [0.5, 0.6) is 0 Å². The first-order chi connectivity index (χ1) is 12.4. The molecule has 1 atom stereocenters. The zero-order valence-electron chi connectivity index (χ0n) is 16.2. The second kappa shape index (κ2) is 7.83. The van der Waals surface area contributed by atoms with Crippen LogP contribution in [0.3, 0.4) is 0 Å². The van der Waals surface area contributed by atoms with Gasteiger partial charge in [-0.15, -0.1) is 0 Å². The van der Waals surface area contributed by atoms with E-state index in [1.165, 1.54) is 5.56 Å². The third kappa shape index (κ3) is 4.67. The highest BCUT2D eigenvalue weighted by Crippen LogP contribution is 2.43. The van der Waals surface area contributed by atoms with E-state index in [9.17, 15) is 4.79 Å². The Bertz CT molecular complexity index is 625. The van der Waals surface area contributed by atoms with Gasteiger partial charge in [0.15, 0.2) is 0 Å². The standard InChI is InChI=1S/C22H31NO3/c1-21(2,3)26-20(24)23-15-13-22(14-16-23,19-10-7-17-25-19)12-11-18-8-5-4-6-9-18/h4-10,19H,11-17H2,1-3H3. The van der Waals surface area contributed by atoms with Gasteiger partial charge in [0.2, 0.25) is 0 Å². The molecule has 1 fully saturated rings. The number of hydrogen-bond donors (Lipinski definition) is 0. The van der Waals surface area contributed by atoms with Gasteiger partial charge in [-0.05, 0) is 52.0 Å². The molecule has 0 saturated carbocycles. The number of carbonyl (C=O) groups is 1. The molecular formula is C22H31NO3. The van der Waals surface area contributed by atoms with Gasteiger partial charge in [0, 0.05) is 18.5 Å². The zero-order valence-corrected chi connectivity index (χ0v) is 16.2. The van der Waals surface area contributed by atoms with Crippen molar-refractivity contribution in [3.05, 3.63) is 48.0 Å². The first-order valence-electron chi connectivity index (χ1n) is 9.68. The topological polar surface area (TPSA) is 38.8 Å². The summed E-state index contributed by atoms with van der Waals surface area (Å²) in [6, 6.07) is 10.6. The molecule has 26 heavy (non-hydrogen) atoms. The van der Waals surface area contributed by atoms with Gasteiger partial charge in [-0.2, -0.15) is 0 Å². The minimum Gasteiger partial charge on any atom is -0.444 e. The average molecular weight is 357 g/mol. The predicted molar refractivity (Wildman–Crippen MR) is 103 cm³/mol. The van der Waals surface area contributed by atoms with Gasteiger partial charge in [-0.3, -0.25) is 0 Å². The van der Waals surface area contributed by atoms with Crippen LogP contribution in [-0.4, -0.2) is 42.4 Å². The minimum absolute atomic E-state index is 0.0986. The van der Waals surface area contributed by atoms with Crippen molar-refractivity contribution in [2.45, 2.75) is 58.2 Å². The van der Waals surface area contributed by atoms with E-state index in [0.717, 1.165) is 38.8 Å². The SMILES string of the molecule is CC(C)(C)OC(=O)N1CCC(CCc2ccccc2)(C2C=CCO2)CC1. The predicted octanol–water partition coefficient (Wildman–Crippen LogP) is 4.59. The quantitative estimate of drug-likeness (QED) is 0.740. The number of likely N-dealkylation sites (tertiary alicyclic amines) is 1. The Labute approximate surface area is 157 Å². The molecule has 2 aliphatic heterocycles. The molecular weight excluding hydrogens is 326 g/mol. The number of carbonyl (C=O) groups excluding carboxylic acids is 1. The highest BCUT2D eigenvalue weighted by Gasteiger charge is 2.43. The lowest BCUT2D eigenvalue weighted by atomic mass is 9.70. The summed E-state index contributed by atoms with van der Waals surface area (Å²) in [7, 11) is 0. The molecule has 3 rings (SSSR count). The first-order valence-corrected chi connectivity index (χ1v) is 9.68. The van der Waals surface area contributed by atoms with Crippen molar-refractivity contribution in [1.29, 1.82) is 0 Å². The molecule has 0 bridgehead atoms. The lowest BCUT2D eigenvalue weighted by molar-refractivity contribution is -0.0376. The Kier molecular flexibility index (Phi) is 5.71. The van der Waals surface area contributed by atoms with Gasteiger partial charge in [0.05, 0.1) is 12.7 Å². The average Bonchev–Trinajstić information content (AvgIpc) is 3.15. The van der Waals surface area contributed by atoms with Crippen LogP contribution < -0.4 is 0 Å². The van der Waals surface area contributed by atoms with Gasteiger partial charge < -0.3 is 14.4 Å². The van der Waals surface area contributed by atoms with E-state index in [1.54, 1.807) is 0 Å². The number of piperidine rings is 1. The maximum Gasteiger partial charge on any atom is 0.410 e. The van der Waals surface area contributed by atoms with Crippen LogP contribution in [0.15, 0.2) is 42.5 Å². The summed E-state index contributed by atoms with van der Waals surface area (Å²) in [5.74, 6) is 0. The molecule has 0 spiro atoms. The molecule has 1 amide bonds. The molecule has 0 N–H and O–H groups in total. The van der Waals surface area contributed by atoms with Crippen LogP contribution >= 0.6 is 0 Å². The van der Waals surface area contributed by atoms with Crippen LogP contribution in [0.25, 0.3) is 0 Å². The molecule has 1 saturated heterocycles. The van der Waals surface area contributed by atoms with Crippen molar-refractivity contribution in [1.82, 2.24) is 4.90 Å². The molecule has 2 aliphatic rings. The summed E-state index contributed by atoms with van der Waals surface area (Å²) >= 11 is 0. The fourth-order valence-electron chi connectivity index (χ4n) is 3.95. The third-order valence-corrected chi connectivity index (χ3v) is 5.45. The molecule has 1 unspecified atom stereocenters. The Morgan fingerprint density at radius 3 is 2.50 bits per heavy atom. The van der Waals surface area contributed by atoms with E-state index in [0.29, 0.717) is 6.61 Å². The Morgan fingerprint density at radius 1 is 1.23 bits per heavy atom. The Balaban J connectivity index is 1.65. The van der Waals surface area contributed by atoms with Crippen molar-refractivity contribution >= 4 is 6.09 Å². The molecule has 1 aromatic carbocycles. The maximum atomic E-state index is 12.4. The highest BCUT2D eigenvalue weighted by atomic mass is 16.6. The lowest BCUT2D eigenvalue weighted by Crippen LogP contribution is -2.49. The maximum absolute atomic E-state index is 12.4. The third-order valence-electron chi connectivity index (χ3n) is 5.45. The van der Waals surface area contributed by atoms with Gasteiger partial charge in [0.25, 0.3) is 0 Å². The van der Waals surface area contributed by atoms with Crippen molar-refractivity contribution in [2.75, 3.05) is 19.7 Å². The lowest BCUT2D eigenvalue weighted by Gasteiger charge is -2.45. The number of hydrogen-bond acceptors (Lipinski definition) is 3. The molecule has 4 heteroatoms. The minimum atomic E-state index is -0.448. The zero-order chi connectivity index (χ0) is 18.6. The number of nitrogens with zero attached hydrogens (tertiary/aromatic N) is 1. The van der Waals surface area contributed by atoms with E-state index >= 15 is 0 Å². The van der Waals surface area contributed by atoms with Crippen molar-refractivity contribution in [2.24, 2.45) is 5.41 Å². The molecule has 4 nitrogen and oxygen atoms in total. The largest absolute Gasteiger partial charge is 0.444 e. The van der Waals surface area contributed by atoms with Crippen molar-refractivity contribution in [3.8, 4) is 0 Å². The fraction of sp³-hybridized carbons (Fsp3) is 0.591. The summed E-state index contributed by atoms with van der Waals surface area (Å²) in [6.45, 7) is 7.91. The second-order valence-electron chi connectivity index (χ2n) is 8.50. The Hall–Kier alpha value is -1.81. The van der Waals surface area contributed by atoms with Crippen LogP contribution in [0.2, 0.25) is 0 Å². The van der Waals surface area contributed by atoms with Crippen molar-refractivity contribution < 1.29 is 14.3 Å². The van der Waals surface area contributed by atoms with Gasteiger partial charge in [-0.1, -0.05) is 42.5 Å². The molecule has 0 radical (unpaired) electrons. The molecule has 0 aliphatic carbocycles. The monoisotopic (exact) mass is 357 g/mol. The molecule has 142 valence electrons. The fourth-order valence-corrected chi connectivity index (χ4v) is 3.95. The van der Waals surface area contributed by atoms with Gasteiger partial charge in [-0.25, -0.2) is 4.79 Å². The van der Waals surface area contributed by atoms with Crippen LogP contribution in [0.4, 0.5) is 4.79 Å². The van der Waals surface area contributed by atoms with E-state index < -0.39 is 5.60 Å². The Morgan fingerprint density at radius 2 is 1.92 bits per heavy atom. The van der Waals surface area contributed by atoms with Crippen molar-refractivity contribution in [3.63, 3.8) is 0 Å². The normalized spacial score (nSPS) is 22.4. The number of rotatable bonds is 4. The number of amides is 1. The summed E-state index contributed by atoms with van der Waals surface area (Å²) in [4.78, 5) is 14.2. The van der Waals surface area contributed by atoms with E-state index in [-0.39, 0.29) is 17.6 Å². The summed E-state index contributed by atoms with van der Waals surface area (Å²) < 4.78 is 11.6. The summed E-state index contributed by atoms with van der Waals surface area (Å²) in [5, 5.41) is 0. The highest BCUT2D eigenvalue weighted by molar-refractivity contribution is 5.68. The second-order valence-corrected chi connectivity index (χ2v) is 8.50. The summed E-state index contributed by atoms with van der Waals surface area (Å²) in [6.07, 6.45) is 8.32. The van der Waals surface area contributed by atoms with Gasteiger partial charge >= 0.3 is 6.09 Å². The molecule has 1 aromatic rings. The van der Waals surface area contributed by atoms with Crippen LogP contribution in [0, 0.1) is 5.41 Å². The summed E-state index contributed by atoms with van der Waals surface area (Å²) in [5.41, 5.74) is 1.01. The molecule has 0 aromatic heterocycles. The van der Waals surface area contributed by atoms with Crippen LogP contribution in [0.1, 0.15) is 45.6 Å². The first kappa shape index (κ1) is 19.0. The van der Waals surface area contributed by atoms with E-state index in [1.807, 2.05) is 25.7 Å². The van der Waals surface area contributed by atoms with E-state index in [4.69, 9.17) is 9.47 Å². The number of aryl methyl sites for hydroxylation is 1. The van der Waals surface area contributed by atoms with Gasteiger partial charge in [0.1, 0.15) is 5.60 Å². The smallest absolute Gasteiger partial charge is 0.410 e. The van der Waals surface area contributed by atoms with Crippen LogP contribution in [-0.2, 0) is 15.9 Å². The molecule has 2 heterocycles. The van der Waals surface area contributed by atoms with E-state index in [2.05, 4.69) is 42.5 Å². The number of ether oxygens (including phenoxy) is 2. The number of benzene rings is 1.